The van der Waals surface area contributed by atoms with E-state index in [2.05, 4.69) is 0 Å². The maximum absolute atomic E-state index is 11.5. The first-order valence-corrected chi connectivity index (χ1v) is 8.67. The second-order valence-electron chi connectivity index (χ2n) is 5.55. The molecule has 0 heterocycles. The number of aromatic hydroxyl groups is 1. The fourth-order valence-corrected chi connectivity index (χ4v) is 3.10. The van der Waals surface area contributed by atoms with Gasteiger partial charge in [-0.25, -0.2) is 4.57 Å². The van der Waals surface area contributed by atoms with Gasteiger partial charge in [0.15, 0.2) is 5.78 Å². The molecule has 24 heavy (non-hydrogen) atoms. The van der Waals surface area contributed by atoms with Gasteiger partial charge in [-0.1, -0.05) is 19.1 Å². The minimum Gasteiger partial charge on any atom is -0.508 e. The number of hydrogen-bond donors (Lipinski definition) is 6. The van der Waals surface area contributed by atoms with Gasteiger partial charge in [0.25, 0.3) is 0 Å². The van der Waals surface area contributed by atoms with Crippen molar-refractivity contribution in [2.45, 2.75) is 25.4 Å². The van der Waals surface area contributed by atoms with Gasteiger partial charge >= 0.3 is 7.75 Å². The Morgan fingerprint density at radius 3 is 2.50 bits per heavy atom. The average Bonchev–Trinajstić information content (AvgIpc) is 2.43. The van der Waals surface area contributed by atoms with Gasteiger partial charge in [-0.15, -0.1) is 0 Å². The zero-order chi connectivity index (χ0) is 18.1. The molecule has 2 rings (SSSR count). The number of phenolic OH excluding ortho intramolecular Hbond substituents is 1. The second-order valence-corrected chi connectivity index (χ2v) is 6.86. The van der Waals surface area contributed by atoms with Gasteiger partial charge in [-0.05, 0) is 17.7 Å². The Balaban J connectivity index is 2.43. The monoisotopic (exact) mass is 355 g/mol. The van der Waals surface area contributed by atoms with Crippen molar-refractivity contribution in [3.63, 3.8) is 0 Å². The van der Waals surface area contributed by atoms with Crippen molar-refractivity contribution in [2.75, 3.05) is 0 Å². The van der Waals surface area contributed by atoms with E-state index in [4.69, 9.17) is 9.79 Å². The van der Waals surface area contributed by atoms with E-state index in [-0.39, 0.29) is 23.4 Å². The van der Waals surface area contributed by atoms with Crippen LogP contribution in [0.25, 0.3) is 0 Å². The number of benzene rings is 1. The van der Waals surface area contributed by atoms with Gasteiger partial charge in [-0.3, -0.25) is 9.88 Å². The van der Waals surface area contributed by atoms with Crippen LogP contribution in [0.15, 0.2) is 47.4 Å². The van der Waals surface area contributed by atoms with Crippen molar-refractivity contribution in [3.05, 3.63) is 52.9 Å². The van der Waals surface area contributed by atoms with E-state index in [1.807, 2.05) is 5.09 Å². The lowest BCUT2D eigenvalue weighted by Crippen LogP contribution is -2.28. The summed E-state index contributed by atoms with van der Waals surface area (Å²) in [5, 5.41) is 32.0. The molecule has 1 aromatic carbocycles. The highest BCUT2D eigenvalue weighted by Crippen LogP contribution is 2.37. The van der Waals surface area contributed by atoms with Crippen LogP contribution >= 0.6 is 7.75 Å². The molecule has 0 radical (unpaired) electrons. The maximum Gasteiger partial charge on any atom is 0.427 e. The van der Waals surface area contributed by atoms with Gasteiger partial charge < -0.3 is 25.1 Å². The SMILES string of the molecule is CC(c1cccc(O)c1)C(O)C1=C(NP(=O)(O)O)CC(=O)C=C1O. The molecule has 0 aliphatic heterocycles. The first-order chi connectivity index (χ1) is 11.1. The lowest BCUT2D eigenvalue weighted by atomic mass is 9.86. The highest BCUT2D eigenvalue weighted by atomic mass is 31.2. The van der Waals surface area contributed by atoms with Gasteiger partial charge in [0.2, 0.25) is 0 Å². The first kappa shape index (κ1) is 18.2. The molecule has 0 bridgehead atoms. The number of rotatable bonds is 5. The van der Waals surface area contributed by atoms with Crippen molar-refractivity contribution in [1.82, 2.24) is 5.09 Å². The Hall–Kier alpha value is -2.12. The minimum absolute atomic E-state index is 0.00678. The maximum atomic E-state index is 11.5. The Bertz CT molecular complexity index is 765. The fraction of sp³-hybridized carbons (Fsp3) is 0.267. The van der Waals surface area contributed by atoms with Crippen LogP contribution in [0.3, 0.4) is 0 Å². The third-order valence-corrected chi connectivity index (χ3v) is 4.26. The lowest BCUT2D eigenvalue weighted by Gasteiger charge is -2.27. The molecular weight excluding hydrogens is 337 g/mol. The molecule has 9 heteroatoms. The quantitative estimate of drug-likeness (QED) is 0.432. The molecule has 0 saturated carbocycles. The van der Waals surface area contributed by atoms with Crippen molar-refractivity contribution < 1.29 is 34.5 Å². The third kappa shape index (κ3) is 4.24. The molecule has 0 fully saturated rings. The first-order valence-electron chi connectivity index (χ1n) is 7.06. The van der Waals surface area contributed by atoms with Crippen LogP contribution in [-0.2, 0) is 9.36 Å². The predicted molar refractivity (Wildman–Crippen MR) is 85.1 cm³/mol. The summed E-state index contributed by atoms with van der Waals surface area (Å²) in [4.78, 5) is 29.7. The molecule has 2 unspecified atom stereocenters. The van der Waals surface area contributed by atoms with Crippen LogP contribution < -0.4 is 5.09 Å². The largest absolute Gasteiger partial charge is 0.508 e. The molecule has 1 aliphatic carbocycles. The number of allylic oxidation sites excluding steroid dienone is 2. The second kappa shape index (κ2) is 6.78. The number of nitrogens with one attached hydrogen (secondary N) is 1. The van der Waals surface area contributed by atoms with E-state index < -0.39 is 31.3 Å². The molecule has 2 atom stereocenters. The van der Waals surface area contributed by atoms with E-state index in [0.717, 1.165) is 6.08 Å². The van der Waals surface area contributed by atoms with Crippen molar-refractivity contribution in [1.29, 1.82) is 0 Å². The molecule has 0 aromatic heterocycles. The highest BCUT2D eigenvalue weighted by Gasteiger charge is 2.32. The zero-order valence-corrected chi connectivity index (χ0v) is 13.6. The van der Waals surface area contributed by atoms with Crippen LogP contribution in [0.1, 0.15) is 24.8 Å². The molecule has 0 amide bonds. The number of aliphatic hydroxyl groups excluding tert-OH is 2. The van der Waals surface area contributed by atoms with Gasteiger partial charge in [0, 0.05) is 23.3 Å². The molecular formula is C15H18NO7P. The van der Waals surface area contributed by atoms with Crippen LogP contribution in [0.4, 0.5) is 0 Å². The Morgan fingerprint density at radius 1 is 1.25 bits per heavy atom. The van der Waals surface area contributed by atoms with Gasteiger partial charge in [0.05, 0.1) is 12.5 Å². The van der Waals surface area contributed by atoms with E-state index in [9.17, 15) is 24.7 Å². The molecule has 0 spiro atoms. The summed E-state index contributed by atoms with van der Waals surface area (Å²) in [6, 6.07) is 6.12. The van der Waals surface area contributed by atoms with Crippen molar-refractivity contribution in [2.24, 2.45) is 0 Å². The summed E-state index contributed by atoms with van der Waals surface area (Å²) in [5.74, 6) is -1.73. The number of hydrogen-bond acceptors (Lipinski definition) is 5. The summed E-state index contributed by atoms with van der Waals surface area (Å²) < 4.78 is 11.2. The predicted octanol–water partition coefficient (Wildman–Crippen LogP) is 1.21. The summed E-state index contributed by atoms with van der Waals surface area (Å²) in [5.41, 5.74) is 0.164. The van der Waals surface area contributed by atoms with E-state index in [0.29, 0.717) is 5.56 Å². The number of aliphatic hydroxyl groups is 2. The van der Waals surface area contributed by atoms with Crippen LogP contribution in [-0.4, -0.2) is 37.0 Å². The molecule has 1 aliphatic rings. The highest BCUT2D eigenvalue weighted by molar-refractivity contribution is 7.49. The van der Waals surface area contributed by atoms with E-state index >= 15 is 0 Å². The molecule has 8 nitrogen and oxygen atoms in total. The summed E-state index contributed by atoms with van der Waals surface area (Å²) in [6.45, 7) is 1.62. The number of phenols is 1. The van der Waals surface area contributed by atoms with Crippen LogP contribution in [0, 0.1) is 0 Å². The van der Waals surface area contributed by atoms with Gasteiger partial charge in [0.1, 0.15) is 11.5 Å². The Labute approximate surface area is 138 Å². The summed E-state index contributed by atoms with van der Waals surface area (Å²) >= 11 is 0. The lowest BCUT2D eigenvalue weighted by molar-refractivity contribution is -0.114. The topological polar surface area (TPSA) is 147 Å². The molecule has 6 N–H and O–H groups in total. The van der Waals surface area contributed by atoms with E-state index in [1.165, 1.54) is 12.1 Å². The van der Waals surface area contributed by atoms with Crippen LogP contribution in [0.5, 0.6) is 5.75 Å². The number of carbonyl (C=O) groups excluding carboxylic acids is 1. The standard InChI is InChI=1S/C15H18NO7P/c1-8(9-3-2-4-10(17)5-9)15(20)14-12(16-24(21,22)23)6-11(18)7-13(14)19/h2-5,7-8,15,17,19-20H,6H2,1H3,(H3,16,21,22,23). The van der Waals surface area contributed by atoms with Crippen LogP contribution in [0.2, 0.25) is 0 Å². The number of carbonyl (C=O) groups is 1. The summed E-state index contributed by atoms with van der Waals surface area (Å²) in [6.07, 6.45) is -0.836. The Kier molecular flexibility index (Phi) is 5.15. The van der Waals surface area contributed by atoms with Crippen molar-refractivity contribution >= 4 is 13.5 Å². The number of ketones is 1. The normalized spacial score (nSPS) is 18.2. The minimum atomic E-state index is -4.72. The molecule has 1 aromatic rings. The third-order valence-electron chi connectivity index (χ3n) is 3.70. The Morgan fingerprint density at radius 2 is 1.92 bits per heavy atom. The average molecular weight is 355 g/mol. The van der Waals surface area contributed by atoms with E-state index in [1.54, 1.807) is 19.1 Å². The molecule has 0 saturated heterocycles. The zero-order valence-electron chi connectivity index (χ0n) is 12.7. The molecule has 130 valence electrons. The van der Waals surface area contributed by atoms with Crippen molar-refractivity contribution in [3.8, 4) is 5.75 Å². The summed E-state index contributed by atoms with van der Waals surface area (Å²) in [7, 11) is -4.72. The smallest absolute Gasteiger partial charge is 0.427 e. The van der Waals surface area contributed by atoms with Gasteiger partial charge in [-0.2, -0.15) is 0 Å². The fourth-order valence-electron chi connectivity index (χ4n) is 2.55.